The molecule has 1 rings (SSSR count). The van der Waals surface area contributed by atoms with Gasteiger partial charge in [0, 0.05) is 6.04 Å². The van der Waals surface area contributed by atoms with Crippen molar-refractivity contribution in [3.63, 3.8) is 0 Å². The normalized spacial score (nSPS) is 12.0. The average Bonchev–Trinajstić information content (AvgIpc) is 1.85. The molecule has 0 radical (unpaired) electrons. The Morgan fingerprint density at radius 1 is 1.33 bits per heavy atom. The van der Waals surface area contributed by atoms with E-state index in [9.17, 15) is 4.39 Å². The summed E-state index contributed by atoms with van der Waals surface area (Å²) in [4.78, 5) is 0. The fraction of sp³-hybridized carbons (Fsp3) is 0.333. The van der Waals surface area contributed by atoms with Crippen molar-refractivity contribution < 1.29 is 4.39 Å². The van der Waals surface area contributed by atoms with Crippen molar-refractivity contribution in [3.8, 4) is 0 Å². The Kier molecular flexibility index (Phi) is 4.21. The van der Waals surface area contributed by atoms with Gasteiger partial charge in [0.2, 0.25) is 0 Å². The lowest BCUT2D eigenvalue weighted by molar-refractivity contribution is 0.621. The molecular weight excluding hydrogens is 177 g/mol. The van der Waals surface area contributed by atoms with Gasteiger partial charge < -0.3 is 5.73 Å². The number of hydrogen-bond donors (Lipinski definition) is 1. The highest BCUT2D eigenvalue weighted by atomic mass is 35.5. The van der Waals surface area contributed by atoms with Gasteiger partial charge in [0.15, 0.2) is 0 Å². The first kappa shape index (κ1) is 11.4. The van der Waals surface area contributed by atoms with Gasteiger partial charge in [-0.3, -0.25) is 0 Å². The van der Waals surface area contributed by atoms with Crippen LogP contribution in [0.5, 0.6) is 0 Å². The maximum absolute atomic E-state index is 12.7. The zero-order valence-electron chi connectivity index (χ0n) is 7.17. The Morgan fingerprint density at radius 2 is 1.92 bits per heavy atom. The van der Waals surface area contributed by atoms with Crippen LogP contribution in [0.15, 0.2) is 18.2 Å². The monoisotopic (exact) mass is 189 g/mol. The van der Waals surface area contributed by atoms with Crippen LogP contribution in [0.2, 0.25) is 0 Å². The smallest absolute Gasteiger partial charge is 0.123 e. The van der Waals surface area contributed by atoms with E-state index >= 15 is 0 Å². The molecule has 0 bridgehead atoms. The van der Waals surface area contributed by atoms with Gasteiger partial charge in [-0.05, 0) is 37.1 Å². The first-order valence-corrected chi connectivity index (χ1v) is 3.62. The van der Waals surface area contributed by atoms with E-state index in [4.69, 9.17) is 5.73 Å². The quantitative estimate of drug-likeness (QED) is 0.722. The lowest BCUT2D eigenvalue weighted by Gasteiger charge is -2.05. The molecule has 1 nitrogen and oxygen atoms in total. The van der Waals surface area contributed by atoms with Crippen molar-refractivity contribution >= 4 is 12.4 Å². The van der Waals surface area contributed by atoms with E-state index in [1.807, 2.05) is 19.9 Å². The van der Waals surface area contributed by atoms with Gasteiger partial charge in [-0.15, -0.1) is 12.4 Å². The van der Waals surface area contributed by atoms with Crippen molar-refractivity contribution in [2.75, 3.05) is 0 Å². The summed E-state index contributed by atoms with van der Waals surface area (Å²) in [7, 11) is 0. The zero-order chi connectivity index (χ0) is 8.43. The van der Waals surface area contributed by atoms with Crippen LogP contribution in [0, 0.1) is 12.7 Å². The molecule has 12 heavy (non-hydrogen) atoms. The molecule has 68 valence electrons. The van der Waals surface area contributed by atoms with Crippen LogP contribution in [0.3, 0.4) is 0 Å². The maximum Gasteiger partial charge on any atom is 0.123 e. The van der Waals surface area contributed by atoms with Crippen molar-refractivity contribution in [1.82, 2.24) is 0 Å². The van der Waals surface area contributed by atoms with E-state index in [0.717, 1.165) is 11.1 Å². The predicted molar refractivity (Wildman–Crippen MR) is 51.0 cm³/mol. The molecule has 0 unspecified atom stereocenters. The summed E-state index contributed by atoms with van der Waals surface area (Å²) in [6.07, 6.45) is 0. The third-order valence-electron chi connectivity index (χ3n) is 1.59. The molecule has 0 saturated heterocycles. The van der Waals surface area contributed by atoms with Gasteiger partial charge in [0.05, 0.1) is 0 Å². The lowest BCUT2D eigenvalue weighted by Crippen LogP contribution is -2.05. The Labute approximate surface area is 78.2 Å². The van der Waals surface area contributed by atoms with Crippen LogP contribution >= 0.6 is 12.4 Å². The number of aryl methyl sites for hydroxylation is 1. The van der Waals surface area contributed by atoms with E-state index in [1.54, 1.807) is 0 Å². The standard InChI is InChI=1S/C9H12FN.ClH/c1-6-3-8(7(2)11)5-9(10)4-6;/h3-5,7H,11H2,1-2H3;1H/t7-;/m1./s1. The molecule has 0 amide bonds. The minimum Gasteiger partial charge on any atom is -0.324 e. The molecule has 1 aromatic carbocycles. The van der Waals surface area contributed by atoms with Crippen LogP contribution in [-0.2, 0) is 0 Å². The first-order chi connectivity index (χ1) is 5.09. The molecule has 0 fully saturated rings. The van der Waals surface area contributed by atoms with E-state index in [-0.39, 0.29) is 24.3 Å². The van der Waals surface area contributed by atoms with Gasteiger partial charge in [0.25, 0.3) is 0 Å². The van der Waals surface area contributed by atoms with Crippen molar-refractivity contribution in [1.29, 1.82) is 0 Å². The van der Waals surface area contributed by atoms with Gasteiger partial charge >= 0.3 is 0 Å². The highest BCUT2D eigenvalue weighted by molar-refractivity contribution is 5.85. The fourth-order valence-electron chi connectivity index (χ4n) is 1.03. The summed E-state index contributed by atoms with van der Waals surface area (Å²) in [5.74, 6) is -0.211. The molecule has 0 aliphatic rings. The molecular formula is C9H13ClFN. The summed E-state index contributed by atoms with van der Waals surface area (Å²) < 4.78 is 12.7. The topological polar surface area (TPSA) is 26.0 Å². The second-order valence-electron chi connectivity index (χ2n) is 2.85. The van der Waals surface area contributed by atoms with Gasteiger partial charge in [-0.1, -0.05) is 6.07 Å². The van der Waals surface area contributed by atoms with Crippen LogP contribution in [-0.4, -0.2) is 0 Å². The molecule has 0 aliphatic carbocycles. The Hall–Kier alpha value is -0.600. The molecule has 0 heterocycles. The van der Waals surface area contributed by atoms with Gasteiger partial charge in [0.1, 0.15) is 5.82 Å². The molecule has 3 heteroatoms. The van der Waals surface area contributed by atoms with Crippen LogP contribution in [0.1, 0.15) is 24.1 Å². The highest BCUT2D eigenvalue weighted by Crippen LogP contribution is 2.13. The minimum absolute atomic E-state index is 0. The second-order valence-corrected chi connectivity index (χ2v) is 2.85. The summed E-state index contributed by atoms with van der Waals surface area (Å²) in [6, 6.07) is 4.77. The Bertz CT molecular complexity index is 240. The zero-order valence-corrected chi connectivity index (χ0v) is 7.99. The van der Waals surface area contributed by atoms with E-state index in [2.05, 4.69) is 0 Å². The van der Waals surface area contributed by atoms with E-state index in [0.29, 0.717) is 0 Å². The summed E-state index contributed by atoms with van der Waals surface area (Å²) in [5.41, 5.74) is 7.35. The number of nitrogens with two attached hydrogens (primary N) is 1. The SMILES string of the molecule is Cc1cc(F)cc([C@@H](C)N)c1.Cl. The Morgan fingerprint density at radius 3 is 2.33 bits per heavy atom. The molecule has 1 atom stereocenters. The second kappa shape index (κ2) is 4.43. The molecule has 0 aromatic heterocycles. The minimum atomic E-state index is -0.211. The van der Waals surface area contributed by atoms with E-state index < -0.39 is 0 Å². The van der Waals surface area contributed by atoms with Gasteiger partial charge in [-0.2, -0.15) is 0 Å². The highest BCUT2D eigenvalue weighted by Gasteiger charge is 2.01. The third-order valence-corrected chi connectivity index (χ3v) is 1.59. The number of rotatable bonds is 1. The van der Waals surface area contributed by atoms with Crippen LogP contribution in [0.25, 0.3) is 0 Å². The van der Waals surface area contributed by atoms with Crippen molar-refractivity contribution in [3.05, 3.63) is 35.1 Å². The largest absolute Gasteiger partial charge is 0.324 e. The van der Waals surface area contributed by atoms with Crippen LogP contribution < -0.4 is 5.73 Å². The summed E-state index contributed by atoms with van der Waals surface area (Å²) in [6.45, 7) is 3.70. The van der Waals surface area contributed by atoms with Crippen LogP contribution in [0.4, 0.5) is 4.39 Å². The number of hydrogen-bond acceptors (Lipinski definition) is 1. The number of benzene rings is 1. The molecule has 2 N–H and O–H groups in total. The van der Waals surface area contributed by atoms with Gasteiger partial charge in [-0.25, -0.2) is 4.39 Å². The molecule has 0 saturated carbocycles. The Balaban J connectivity index is 0.00000121. The molecule has 0 spiro atoms. The summed E-state index contributed by atoms with van der Waals surface area (Å²) in [5, 5.41) is 0. The lowest BCUT2D eigenvalue weighted by atomic mass is 10.1. The fourth-order valence-corrected chi connectivity index (χ4v) is 1.03. The predicted octanol–water partition coefficient (Wildman–Crippen LogP) is 2.58. The first-order valence-electron chi connectivity index (χ1n) is 3.62. The maximum atomic E-state index is 12.7. The van der Waals surface area contributed by atoms with Crippen molar-refractivity contribution in [2.24, 2.45) is 5.73 Å². The van der Waals surface area contributed by atoms with Crippen molar-refractivity contribution in [2.45, 2.75) is 19.9 Å². The number of halogens is 2. The average molecular weight is 190 g/mol. The molecule has 1 aromatic rings. The van der Waals surface area contributed by atoms with E-state index in [1.165, 1.54) is 12.1 Å². The third kappa shape index (κ3) is 2.80. The summed E-state index contributed by atoms with van der Waals surface area (Å²) >= 11 is 0. The molecule has 0 aliphatic heterocycles.